The Morgan fingerprint density at radius 2 is 2.00 bits per heavy atom. The summed E-state index contributed by atoms with van der Waals surface area (Å²) in [4.78, 5) is 15.9. The lowest BCUT2D eigenvalue weighted by Crippen LogP contribution is -2.13. The molecule has 19 heavy (non-hydrogen) atoms. The van der Waals surface area contributed by atoms with Gasteiger partial charge in [0.2, 0.25) is 0 Å². The zero-order valence-electron chi connectivity index (χ0n) is 10.7. The maximum atomic E-state index is 12.1. The predicted molar refractivity (Wildman–Crippen MR) is 77.5 cm³/mol. The van der Waals surface area contributed by atoms with Gasteiger partial charge in [-0.2, -0.15) is 0 Å². The third-order valence-electron chi connectivity index (χ3n) is 2.72. The van der Waals surface area contributed by atoms with Crippen LogP contribution in [0.4, 0.5) is 11.5 Å². The maximum Gasteiger partial charge on any atom is 0.255 e. The summed E-state index contributed by atoms with van der Waals surface area (Å²) in [5.41, 5.74) is 8.80. The molecule has 5 heteroatoms. The van der Waals surface area contributed by atoms with E-state index < -0.39 is 0 Å². The first-order valence-corrected chi connectivity index (χ1v) is 6.15. The van der Waals surface area contributed by atoms with Crippen molar-refractivity contribution >= 4 is 29.0 Å². The lowest BCUT2D eigenvalue weighted by atomic mass is 10.1. The number of halogens is 1. The molecule has 0 aliphatic heterocycles. The number of amides is 1. The topological polar surface area (TPSA) is 68.0 Å². The summed E-state index contributed by atoms with van der Waals surface area (Å²) in [6, 6.07) is 8.84. The van der Waals surface area contributed by atoms with Crippen LogP contribution in [-0.2, 0) is 0 Å². The quantitative estimate of drug-likeness (QED) is 0.827. The molecule has 0 atom stereocenters. The number of carbonyl (C=O) groups is 1. The molecular weight excluding hydrogens is 262 g/mol. The summed E-state index contributed by atoms with van der Waals surface area (Å²) >= 11 is 5.78. The van der Waals surface area contributed by atoms with Crippen molar-refractivity contribution in [2.45, 2.75) is 13.8 Å². The van der Waals surface area contributed by atoms with Gasteiger partial charge in [-0.1, -0.05) is 23.7 Å². The van der Waals surface area contributed by atoms with Gasteiger partial charge in [0, 0.05) is 11.3 Å². The number of nitrogens with one attached hydrogen (secondary N) is 1. The van der Waals surface area contributed by atoms with Gasteiger partial charge in [0.05, 0.1) is 0 Å². The minimum Gasteiger partial charge on any atom is -0.384 e. The number of hydrogen-bond acceptors (Lipinski definition) is 3. The minimum absolute atomic E-state index is 0.200. The summed E-state index contributed by atoms with van der Waals surface area (Å²) in [6.45, 7) is 3.90. The van der Waals surface area contributed by atoms with Crippen molar-refractivity contribution < 1.29 is 4.79 Å². The normalized spacial score (nSPS) is 10.3. The van der Waals surface area contributed by atoms with Gasteiger partial charge in [-0.15, -0.1) is 0 Å². The second-order valence-corrected chi connectivity index (χ2v) is 4.76. The fourth-order valence-electron chi connectivity index (χ4n) is 1.71. The number of carbonyl (C=O) groups excluding carboxylic acids is 1. The molecule has 0 spiro atoms. The average Bonchev–Trinajstić information content (AvgIpc) is 2.32. The molecule has 0 aliphatic rings. The van der Waals surface area contributed by atoms with Gasteiger partial charge in [0.25, 0.3) is 5.91 Å². The van der Waals surface area contributed by atoms with Crippen LogP contribution in [0.2, 0.25) is 5.15 Å². The number of anilines is 2. The molecule has 0 saturated carbocycles. The highest BCUT2D eigenvalue weighted by Crippen LogP contribution is 2.19. The highest BCUT2D eigenvalue weighted by molar-refractivity contribution is 6.30. The number of aryl methyl sites for hydroxylation is 2. The van der Waals surface area contributed by atoms with Crippen molar-refractivity contribution in [1.29, 1.82) is 0 Å². The van der Waals surface area contributed by atoms with Crippen LogP contribution in [0.3, 0.4) is 0 Å². The van der Waals surface area contributed by atoms with E-state index >= 15 is 0 Å². The highest BCUT2D eigenvalue weighted by atomic mass is 35.5. The number of nitrogens with zero attached hydrogens (tertiary/aromatic N) is 1. The number of pyridine rings is 1. The van der Waals surface area contributed by atoms with Crippen LogP contribution in [0.5, 0.6) is 0 Å². The maximum absolute atomic E-state index is 12.1. The first-order valence-electron chi connectivity index (χ1n) is 5.77. The van der Waals surface area contributed by atoms with Gasteiger partial charge < -0.3 is 11.1 Å². The lowest BCUT2D eigenvalue weighted by Gasteiger charge is -2.09. The molecule has 3 N–H and O–H groups in total. The zero-order valence-corrected chi connectivity index (χ0v) is 11.5. The third-order valence-corrected chi connectivity index (χ3v) is 2.91. The Hall–Kier alpha value is -2.07. The molecule has 1 amide bonds. The van der Waals surface area contributed by atoms with Crippen LogP contribution in [0.15, 0.2) is 30.3 Å². The predicted octanol–water partition coefficient (Wildman–Crippen LogP) is 3.19. The molecule has 0 saturated heterocycles. The Kier molecular flexibility index (Phi) is 3.71. The minimum atomic E-state index is -0.260. The molecule has 0 bridgehead atoms. The van der Waals surface area contributed by atoms with Gasteiger partial charge in [-0.3, -0.25) is 4.79 Å². The summed E-state index contributed by atoms with van der Waals surface area (Å²) in [7, 11) is 0. The fourth-order valence-corrected chi connectivity index (χ4v) is 1.93. The van der Waals surface area contributed by atoms with Gasteiger partial charge in [0.15, 0.2) is 0 Å². The van der Waals surface area contributed by atoms with Crippen LogP contribution in [0.25, 0.3) is 0 Å². The Morgan fingerprint density at radius 3 is 2.68 bits per heavy atom. The van der Waals surface area contributed by atoms with Crippen molar-refractivity contribution in [3.63, 3.8) is 0 Å². The van der Waals surface area contributed by atoms with E-state index in [9.17, 15) is 4.79 Å². The molecular formula is C14H14ClN3O. The monoisotopic (exact) mass is 275 g/mol. The number of rotatable bonds is 2. The van der Waals surface area contributed by atoms with Crippen LogP contribution in [0.1, 0.15) is 21.5 Å². The van der Waals surface area contributed by atoms with E-state index in [1.54, 1.807) is 0 Å². The largest absolute Gasteiger partial charge is 0.384 e. The van der Waals surface area contributed by atoms with Crippen molar-refractivity contribution in [3.8, 4) is 0 Å². The number of nitrogens with two attached hydrogens (primary N) is 1. The number of hydrogen-bond donors (Lipinski definition) is 2. The molecule has 0 aliphatic carbocycles. The smallest absolute Gasteiger partial charge is 0.255 e. The zero-order chi connectivity index (χ0) is 14.0. The average molecular weight is 276 g/mol. The van der Waals surface area contributed by atoms with Crippen molar-refractivity contribution in [3.05, 3.63) is 52.2 Å². The molecule has 98 valence electrons. The van der Waals surface area contributed by atoms with Crippen LogP contribution >= 0.6 is 11.6 Å². The molecule has 0 unspecified atom stereocenters. The molecule has 2 aromatic rings. The number of aromatic nitrogens is 1. The third kappa shape index (κ3) is 3.23. The first-order chi connectivity index (χ1) is 8.95. The van der Waals surface area contributed by atoms with Gasteiger partial charge in [-0.05, 0) is 43.2 Å². The summed E-state index contributed by atoms with van der Waals surface area (Å²) in [5, 5.41) is 3.04. The van der Waals surface area contributed by atoms with E-state index in [0.717, 1.165) is 16.8 Å². The number of benzene rings is 1. The molecule has 1 aromatic heterocycles. The molecule has 0 fully saturated rings. The van der Waals surface area contributed by atoms with Gasteiger partial charge in [0.1, 0.15) is 11.0 Å². The fraction of sp³-hybridized carbons (Fsp3) is 0.143. The standard InChI is InChI=1S/C14H14ClN3O/c1-8-3-4-9(2)11(5-8)17-14(19)10-6-12(15)18-13(16)7-10/h3-7H,1-2H3,(H2,16,18)(H,17,19). The van der Waals surface area contributed by atoms with E-state index in [1.165, 1.54) is 12.1 Å². The molecule has 2 rings (SSSR count). The van der Waals surface area contributed by atoms with E-state index in [0.29, 0.717) is 5.56 Å². The molecule has 1 heterocycles. The van der Waals surface area contributed by atoms with E-state index in [-0.39, 0.29) is 16.9 Å². The van der Waals surface area contributed by atoms with Gasteiger partial charge >= 0.3 is 0 Å². The Bertz CT molecular complexity index is 620. The second-order valence-electron chi connectivity index (χ2n) is 4.38. The van der Waals surface area contributed by atoms with Crippen molar-refractivity contribution in [2.24, 2.45) is 0 Å². The lowest BCUT2D eigenvalue weighted by molar-refractivity contribution is 0.102. The highest BCUT2D eigenvalue weighted by Gasteiger charge is 2.10. The van der Waals surface area contributed by atoms with Crippen LogP contribution < -0.4 is 11.1 Å². The summed E-state index contributed by atoms with van der Waals surface area (Å²) in [5.74, 6) is -0.0386. The van der Waals surface area contributed by atoms with E-state index in [2.05, 4.69) is 10.3 Å². The van der Waals surface area contributed by atoms with E-state index in [4.69, 9.17) is 17.3 Å². The van der Waals surface area contributed by atoms with Crippen molar-refractivity contribution in [1.82, 2.24) is 4.98 Å². The Labute approximate surface area is 116 Å². The molecule has 4 nitrogen and oxygen atoms in total. The number of nitrogen functional groups attached to an aromatic ring is 1. The van der Waals surface area contributed by atoms with E-state index in [1.807, 2.05) is 32.0 Å². The Balaban J connectivity index is 2.28. The van der Waals surface area contributed by atoms with Crippen molar-refractivity contribution in [2.75, 3.05) is 11.1 Å². The summed E-state index contributed by atoms with van der Waals surface area (Å²) in [6.07, 6.45) is 0. The van der Waals surface area contributed by atoms with Gasteiger partial charge in [-0.25, -0.2) is 4.98 Å². The first kappa shape index (κ1) is 13.4. The van der Waals surface area contributed by atoms with Crippen LogP contribution in [-0.4, -0.2) is 10.9 Å². The van der Waals surface area contributed by atoms with Crippen LogP contribution in [0, 0.1) is 13.8 Å². The molecule has 0 radical (unpaired) electrons. The summed E-state index contributed by atoms with van der Waals surface area (Å²) < 4.78 is 0. The second kappa shape index (κ2) is 5.28. The SMILES string of the molecule is Cc1ccc(C)c(NC(=O)c2cc(N)nc(Cl)c2)c1. The Morgan fingerprint density at radius 1 is 1.26 bits per heavy atom. The molecule has 1 aromatic carbocycles.